The van der Waals surface area contributed by atoms with Gasteiger partial charge in [-0.3, -0.25) is 9.59 Å². The Bertz CT molecular complexity index is 595. The van der Waals surface area contributed by atoms with E-state index in [9.17, 15) is 14.7 Å². The Morgan fingerprint density at radius 1 is 1.29 bits per heavy atom. The number of amides is 1. The van der Waals surface area contributed by atoms with Crippen molar-refractivity contribution in [1.82, 2.24) is 4.90 Å². The number of benzene rings is 1. The van der Waals surface area contributed by atoms with Gasteiger partial charge in [0.2, 0.25) is 5.91 Å². The number of hydrogen-bond acceptors (Lipinski definition) is 2. The molecule has 0 aliphatic carbocycles. The zero-order valence-electron chi connectivity index (χ0n) is 12.1. The Kier molecular flexibility index (Phi) is 4.22. The number of nitrogens with zero attached hydrogens (tertiary/aromatic N) is 1. The SMILES string of the molecule is CC(C)(C)N1C(=O)CC(C(=O)O)C1c1ccc(Cl)c(Cl)c1. The molecule has 0 aromatic heterocycles. The van der Waals surface area contributed by atoms with Crippen LogP contribution in [-0.4, -0.2) is 27.4 Å². The van der Waals surface area contributed by atoms with E-state index in [1.807, 2.05) is 20.8 Å². The maximum atomic E-state index is 12.3. The minimum atomic E-state index is -0.980. The van der Waals surface area contributed by atoms with Gasteiger partial charge in [0.25, 0.3) is 0 Å². The molecule has 1 aromatic carbocycles. The molecule has 1 saturated heterocycles. The van der Waals surface area contributed by atoms with Crippen molar-refractivity contribution in [3.63, 3.8) is 0 Å². The summed E-state index contributed by atoms with van der Waals surface area (Å²) in [6.07, 6.45) is -0.00246. The van der Waals surface area contributed by atoms with E-state index in [1.54, 1.807) is 23.1 Å². The molecule has 0 saturated carbocycles. The Labute approximate surface area is 133 Å². The van der Waals surface area contributed by atoms with E-state index in [2.05, 4.69) is 0 Å². The molecule has 2 atom stereocenters. The zero-order chi connectivity index (χ0) is 15.9. The van der Waals surface area contributed by atoms with Gasteiger partial charge in [-0.15, -0.1) is 0 Å². The second kappa shape index (κ2) is 5.50. The highest BCUT2D eigenvalue weighted by molar-refractivity contribution is 6.42. The molecule has 4 nitrogen and oxygen atoms in total. The summed E-state index contributed by atoms with van der Waals surface area (Å²) < 4.78 is 0. The van der Waals surface area contributed by atoms with E-state index in [0.717, 1.165) is 0 Å². The first-order valence-corrected chi connectivity index (χ1v) is 7.38. The van der Waals surface area contributed by atoms with Crippen molar-refractivity contribution in [2.75, 3.05) is 0 Å². The van der Waals surface area contributed by atoms with Gasteiger partial charge >= 0.3 is 5.97 Å². The van der Waals surface area contributed by atoms with Crippen molar-refractivity contribution >= 4 is 35.1 Å². The Morgan fingerprint density at radius 3 is 2.38 bits per heavy atom. The summed E-state index contributed by atoms with van der Waals surface area (Å²) in [5, 5.41) is 10.2. The van der Waals surface area contributed by atoms with Crippen molar-refractivity contribution in [3.05, 3.63) is 33.8 Å². The van der Waals surface area contributed by atoms with E-state index in [4.69, 9.17) is 23.2 Å². The van der Waals surface area contributed by atoms with Gasteiger partial charge in [-0.05, 0) is 38.5 Å². The number of aliphatic carboxylic acids is 1. The van der Waals surface area contributed by atoms with Gasteiger partial charge in [-0.25, -0.2) is 0 Å². The summed E-state index contributed by atoms with van der Waals surface area (Å²) in [7, 11) is 0. The monoisotopic (exact) mass is 329 g/mol. The van der Waals surface area contributed by atoms with Crippen LogP contribution in [0.5, 0.6) is 0 Å². The van der Waals surface area contributed by atoms with Crippen molar-refractivity contribution in [1.29, 1.82) is 0 Å². The molecule has 0 bridgehead atoms. The number of carboxylic acids is 1. The molecule has 1 heterocycles. The summed E-state index contributed by atoms with van der Waals surface area (Å²) in [4.78, 5) is 25.4. The van der Waals surface area contributed by atoms with Crippen LogP contribution in [0.25, 0.3) is 0 Å². The van der Waals surface area contributed by atoms with Crippen LogP contribution in [0.1, 0.15) is 38.8 Å². The lowest BCUT2D eigenvalue weighted by molar-refractivity contribution is -0.142. The predicted octanol–water partition coefficient (Wildman–Crippen LogP) is 3.77. The van der Waals surface area contributed by atoms with Gasteiger partial charge in [0.05, 0.1) is 22.0 Å². The molecule has 2 unspecified atom stereocenters. The second-order valence-electron chi connectivity index (χ2n) is 6.20. The fourth-order valence-corrected chi connectivity index (χ4v) is 3.13. The molecule has 6 heteroatoms. The van der Waals surface area contributed by atoms with Crippen LogP contribution >= 0.6 is 23.2 Å². The first-order chi connectivity index (χ1) is 9.62. The molecule has 0 spiro atoms. The van der Waals surface area contributed by atoms with Crippen LogP contribution < -0.4 is 0 Å². The zero-order valence-corrected chi connectivity index (χ0v) is 13.6. The van der Waals surface area contributed by atoms with Crippen LogP contribution in [0, 0.1) is 5.92 Å². The standard InChI is InChI=1S/C15H17Cl2NO3/c1-15(2,3)18-12(19)7-9(14(20)21)13(18)8-4-5-10(16)11(17)6-8/h4-6,9,13H,7H2,1-3H3,(H,20,21). The quantitative estimate of drug-likeness (QED) is 0.898. The number of likely N-dealkylation sites (tertiary alicyclic amines) is 1. The van der Waals surface area contributed by atoms with E-state index in [-0.39, 0.29) is 12.3 Å². The minimum Gasteiger partial charge on any atom is -0.481 e. The van der Waals surface area contributed by atoms with Gasteiger partial charge in [-0.1, -0.05) is 29.3 Å². The molecular formula is C15H17Cl2NO3. The van der Waals surface area contributed by atoms with Gasteiger partial charge in [0, 0.05) is 12.0 Å². The molecule has 1 fully saturated rings. The molecule has 1 aliphatic heterocycles. The Hall–Kier alpha value is -1.26. The van der Waals surface area contributed by atoms with Crippen LogP contribution in [0.4, 0.5) is 0 Å². The first-order valence-electron chi connectivity index (χ1n) is 6.63. The summed E-state index contributed by atoms with van der Waals surface area (Å²) in [6.45, 7) is 5.67. The fourth-order valence-electron chi connectivity index (χ4n) is 2.82. The van der Waals surface area contributed by atoms with Crippen molar-refractivity contribution < 1.29 is 14.7 Å². The normalized spacial score (nSPS) is 22.7. The third-order valence-corrected chi connectivity index (χ3v) is 4.39. The average Bonchev–Trinajstić information content (AvgIpc) is 2.70. The topological polar surface area (TPSA) is 57.6 Å². The van der Waals surface area contributed by atoms with E-state index < -0.39 is 23.5 Å². The molecule has 1 aliphatic rings. The molecule has 1 aromatic rings. The van der Waals surface area contributed by atoms with Crippen LogP contribution in [0.3, 0.4) is 0 Å². The summed E-state index contributed by atoms with van der Waals surface area (Å²) >= 11 is 11.9. The van der Waals surface area contributed by atoms with E-state index >= 15 is 0 Å². The van der Waals surface area contributed by atoms with Gasteiger partial charge in [0.1, 0.15) is 0 Å². The van der Waals surface area contributed by atoms with E-state index in [0.29, 0.717) is 15.6 Å². The highest BCUT2D eigenvalue weighted by Crippen LogP contribution is 2.43. The first kappa shape index (κ1) is 16.1. The van der Waals surface area contributed by atoms with Crippen LogP contribution in [0.15, 0.2) is 18.2 Å². The average molecular weight is 330 g/mol. The molecular weight excluding hydrogens is 313 g/mol. The maximum Gasteiger partial charge on any atom is 0.309 e. The van der Waals surface area contributed by atoms with Crippen molar-refractivity contribution in [2.45, 2.75) is 38.8 Å². The van der Waals surface area contributed by atoms with Crippen molar-refractivity contribution in [3.8, 4) is 0 Å². The molecule has 114 valence electrons. The summed E-state index contributed by atoms with van der Waals surface area (Å²) in [5.74, 6) is -1.92. The van der Waals surface area contributed by atoms with Crippen LogP contribution in [-0.2, 0) is 9.59 Å². The van der Waals surface area contributed by atoms with E-state index in [1.165, 1.54) is 0 Å². The Balaban J connectivity index is 2.54. The fraction of sp³-hybridized carbons (Fsp3) is 0.467. The lowest BCUT2D eigenvalue weighted by Crippen LogP contribution is -2.44. The Morgan fingerprint density at radius 2 is 1.90 bits per heavy atom. The van der Waals surface area contributed by atoms with Gasteiger partial charge in [-0.2, -0.15) is 0 Å². The smallest absolute Gasteiger partial charge is 0.309 e. The molecule has 2 rings (SSSR count). The third-order valence-electron chi connectivity index (χ3n) is 3.65. The number of carboxylic acid groups (broad SMARTS) is 1. The molecule has 0 radical (unpaired) electrons. The van der Waals surface area contributed by atoms with Gasteiger partial charge in [0.15, 0.2) is 0 Å². The molecule has 1 amide bonds. The predicted molar refractivity (Wildman–Crippen MR) is 81.5 cm³/mol. The summed E-state index contributed by atoms with van der Waals surface area (Å²) in [5.41, 5.74) is 0.218. The summed E-state index contributed by atoms with van der Waals surface area (Å²) in [6, 6.07) is 4.46. The molecule has 1 N–H and O–H groups in total. The number of hydrogen-bond donors (Lipinski definition) is 1. The highest BCUT2D eigenvalue weighted by Gasteiger charge is 2.48. The number of carbonyl (C=O) groups is 2. The molecule has 21 heavy (non-hydrogen) atoms. The number of halogens is 2. The largest absolute Gasteiger partial charge is 0.481 e. The minimum absolute atomic E-state index is 0.00246. The van der Waals surface area contributed by atoms with Crippen molar-refractivity contribution in [2.24, 2.45) is 5.92 Å². The third kappa shape index (κ3) is 3.01. The highest BCUT2D eigenvalue weighted by atomic mass is 35.5. The maximum absolute atomic E-state index is 12.3. The van der Waals surface area contributed by atoms with Crippen LogP contribution in [0.2, 0.25) is 10.0 Å². The lowest BCUT2D eigenvalue weighted by atomic mass is 9.92. The second-order valence-corrected chi connectivity index (χ2v) is 7.02. The van der Waals surface area contributed by atoms with Gasteiger partial charge < -0.3 is 10.0 Å². The number of rotatable bonds is 2. The number of carbonyl (C=O) groups excluding carboxylic acids is 1. The lowest BCUT2D eigenvalue weighted by Gasteiger charge is -2.38.